The lowest BCUT2D eigenvalue weighted by Gasteiger charge is -2.14. The van der Waals surface area contributed by atoms with E-state index in [0.29, 0.717) is 46.1 Å². The van der Waals surface area contributed by atoms with Crippen molar-refractivity contribution in [3.8, 4) is 11.5 Å². The Kier molecular flexibility index (Phi) is 11.8. The molecule has 0 aliphatic carbocycles. The molecule has 0 bridgehead atoms. The number of hydrazone groups is 1. The quantitative estimate of drug-likeness (QED) is 0.160. The van der Waals surface area contributed by atoms with Crippen LogP contribution in [-0.2, 0) is 19.1 Å². The monoisotopic (exact) mass is 588 g/mol. The first-order chi connectivity index (χ1) is 16.8. The highest BCUT2D eigenvalue weighted by molar-refractivity contribution is 9.10. The molecule has 188 valence electrons. The number of halogens is 3. The van der Waals surface area contributed by atoms with Crippen LogP contribution in [0.15, 0.2) is 39.9 Å². The van der Waals surface area contributed by atoms with Crippen molar-refractivity contribution in [1.29, 1.82) is 0 Å². The molecule has 0 radical (unpaired) electrons. The molecule has 0 unspecified atom stereocenters. The summed E-state index contributed by atoms with van der Waals surface area (Å²) < 4.78 is 16.3. The maximum atomic E-state index is 12.3. The molecule has 2 aromatic rings. The van der Waals surface area contributed by atoms with Gasteiger partial charge in [0.05, 0.1) is 33.5 Å². The third-order valence-electron chi connectivity index (χ3n) is 4.22. The molecule has 0 aliphatic heterocycles. The third-order valence-corrected chi connectivity index (χ3v) is 5.63. The van der Waals surface area contributed by atoms with E-state index >= 15 is 0 Å². The second kappa shape index (κ2) is 14.5. The highest BCUT2D eigenvalue weighted by atomic mass is 79.9. The number of benzene rings is 2. The van der Waals surface area contributed by atoms with Crippen molar-refractivity contribution in [2.75, 3.05) is 39.3 Å². The average Bonchev–Trinajstić information content (AvgIpc) is 2.83. The summed E-state index contributed by atoms with van der Waals surface area (Å²) in [4.78, 5) is 35.8. The molecule has 0 aromatic heterocycles. The second-order valence-electron chi connectivity index (χ2n) is 6.77. The van der Waals surface area contributed by atoms with E-state index in [1.165, 1.54) is 13.3 Å². The van der Waals surface area contributed by atoms with Crippen molar-refractivity contribution in [3.05, 3.63) is 50.4 Å². The summed E-state index contributed by atoms with van der Waals surface area (Å²) in [5.74, 6) is -1.60. The van der Waals surface area contributed by atoms with Gasteiger partial charge in [-0.25, -0.2) is 5.43 Å². The number of ether oxygens (including phenoxy) is 3. The van der Waals surface area contributed by atoms with Crippen LogP contribution in [0.4, 0.5) is 5.69 Å². The number of carbonyl (C=O) groups is 3. The smallest absolute Gasteiger partial charge is 0.329 e. The van der Waals surface area contributed by atoms with Gasteiger partial charge in [0.2, 0.25) is 0 Å². The van der Waals surface area contributed by atoms with Crippen LogP contribution >= 0.6 is 39.1 Å². The average molecular weight is 590 g/mol. The Morgan fingerprint density at radius 3 is 2.63 bits per heavy atom. The molecule has 35 heavy (non-hydrogen) atoms. The van der Waals surface area contributed by atoms with Crippen LogP contribution in [-0.4, -0.2) is 57.9 Å². The van der Waals surface area contributed by atoms with Gasteiger partial charge < -0.3 is 24.8 Å². The van der Waals surface area contributed by atoms with Gasteiger partial charge in [-0.1, -0.05) is 29.3 Å². The third kappa shape index (κ3) is 9.02. The van der Waals surface area contributed by atoms with Crippen LogP contribution in [0, 0.1) is 0 Å². The first-order valence-electron chi connectivity index (χ1n) is 10.1. The zero-order valence-electron chi connectivity index (χ0n) is 18.8. The number of hydrogen-bond acceptors (Lipinski definition) is 7. The lowest BCUT2D eigenvalue weighted by molar-refractivity contribution is -0.139. The van der Waals surface area contributed by atoms with Crippen molar-refractivity contribution >= 4 is 68.8 Å². The van der Waals surface area contributed by atoms with E-state index in [4.69, 9.17) is 37.4 Å². The van der Waals surface area contributed by atoms with Crippen LogP contribution < -0.4 is 25.5 Å². The Morgan fingerprint density at radius 2 is 1.91 bits per heavy atom. The Balaban J connectivity index is 1.96. The summed E-state index contributed by atoms with van der Waals surface area (Å²) in [7, 11) is 2.97. The molecule has 10 nitrogen and oxygen atoms in total. The van der Waals surface area contributed by atoms with E-state index in [2.05, 4.69) is 37.1 Å². The van der Waals surface area contributed by atoms with Crippen molar-refractivity contribution in [2.45, 2.75) is 6.42 Å². The molecule has 3 amide bonds. The number of rotatable bonds is 11. The predicted molar refractivity (Wildman–Crippen MR) is 137 cm³/mol. The van der Waals surface area contributed by atoms with Crippen LogP contribution in [0.1, 0.15) is 12.0 Å². The number of carbonyl (C=O) groups excluding carboxylic acids is 3. The summed E-state index contributed by atoms with van der Waals surface area (Å²) in [6.07, 6.45) is 1.90. The Labute approximate surface area is 220 Å². The van der Waals surface area contributed by atoms with Gasteiger partial charge in [-0.2, -0.15) is 5.10 Å². The second-order valence-corrected chi connectivity index (χ2v) is 8.41. The largest absolute Gasteiger partial charge is 0.493 e. The molecule has 13 heteroatoms. The summed E-state index contributed by atoms with van der Waals surface area (Å²) in [5, 5.41) is 9.38. The van der Waals surface area contributed by atoms with Gasteiger partial charge in [0.15, 0.2) is 18.1 Å². The number of nitrogens with one attached hydrogen (secondary N) is 3. The molecule has 0 heterocycles. The maximum Gasteiger partial charge on any atom is 0.329 e. The molecular weight excluding hydrogens is 567 g/mol. The summed E-state index contributed by atoms with van der Waals surface area (Å²) in [5.41, 5.74) is 3.02. The lowest BCUT2D eigenvalue weighted by Crippen LogP contribution is -2.38. The summed E-state index contributed by atoms with van der Waals surface area (Å²) in [6.45, 7) is 0.442. The normalized spacial score (nSPS) is 10.7. The minimum absolute atomic E-state index is 0.223. The molecule has 2 aromatic carbocycles. The minimum atomic E-state index is -0.907. The molecule has 0 saturated heterocycles. The highest BCUT2D eigenvalue weighted by Crippen LogP contribution is 2.36. The number of hydrogen-bond donors (Lipinski definition) is 3. The van der Waals surface area contributed by atoms with Crippen LogP contribution in [0.2, 0.25) is 10.0 Å². The maximum absolute atomic E-state index is 12.3. The molecule has 0 aliphatic rings. The van der Waals surface area contributed by atoms with E-state index in [1.807, 2.05) is 0 Å². The zero-order chi connectivity index (χ0) is 25.8. The molecule has 3 N–H and O–H groups in total. The molecule has 2 rings (SSSR count). The van der Waals surface area contributed by atoms with Gasteiger partial charge in [-0.3, -0.25) is 14.4 Å². The summed E-state index contributed by atoms with van der Waals surface area (Å²) >= 11 is 15.4. The predicted octanol–water partition coefficient (Wildman–Crippen LogP) is 3.38. The fourth-order valence-corrected chi connectivity index (χ4v) is 3.52. The molecular formula is C22H23BrCl2N4O6. The number of anilines is 1. The van der Waals surface area contributed by atoms with E-state index in [1.54, 1.807) is 37.4 Å². The summed E-state index contributed by atoms with van der Waals surface area (Å²) in [6, 6.07) is 8.08. The van der Waals surface area contributed by atoms with Crippen LogP contribution in [0.3, 0.4) is 0 Å². The molecule has 0 saturated carbocycles. The van der Waals surface area contributed by atoms with Gasteiger partial charge in [-0.15, -0.1) is 0 Å². The zero-order valence-corrected chi connectivity index (χ0v) is 21.9. The number of amides is 3. The van der Waals surface area contributed by atoms with Crippen molar-refractivity contribution < 1.29 is 28.6 Å². The van der Waals surface area contributed by atoms with E-state index < -0.39 is 17.7 Å². The van der Waals surface area contributed by atoms with Gasteiger partial charge in [0.25, 0.3) is 5.91 Å². The number of nitrogens with zero attached hydrogens (tertiary/aromatic N) is 1. The fraction of sp³-hybridized carbons (Fsp3) is 0.273. The van der Waals surface area contributed by atoms with Gasteiger partial charge in [0, 0.05) is 20.3 Å². The number of methoxy groups -OCH3 is 2. The Hall–Kier alpha value is -2.86. The van der Waals surface area contributed by atoms with Crippen LogP contribution in [0.25, 0.3) is 0 Å². The minimum Gasteiger partial charge on any atom is -0.493 e. The van der Waals surface area contributed by atoms with Gasteiger partial charge in [0.1, 0.15) is 0 Å². The first kappa shape index (κ1) is 28.4. The van der Waals surface area contributed by atoms with E-state index in [9.17, 15) is 14.4 Å². The lowest BCUT2D eigenvalue weighted by atomic mass is 10.2. The van der Waals surface area contributed by atoms with E-state index in [0.717, 1.165) is 0 Å². The SMILES string of the molecule is COCCCNC(=O)C(=O)NN=Cc1cc(Br)c(OCC(=O)Nc2cccc(Cl)c2Cl)c(OC)c1. The molecule has 0 atom stereocenters. The Bertz CT molecular complexity index is 1100. The Morgan fingerprint density at radius 1 is 1.14 bits per heavy atom. The van der Waals surface area contributed by atoms with Crippen molar-refractivity contribution in [1.82, 2.24) is 10.7 Å². The van der Waals surface area contributed by atoms with Gasteiger partial charge >= 0.3 is 11.8 Å². The van der Waals surface area contributed by atoms with Crippen molar-refractivity contribution in [2.24, 2.45) is 5.10 Å². The fourth-order valence-electron chi connectivity index (χ4n) is 2.59. The molecule has 0 spiro atoms. The molecule has 0 fully saturated rings. The van der Waals surface area contributed by atoms with Gasteiger partial charge in [-0.05, 0) is 52.2 Å². The topological polar surface area (TPSA) is 127 Å². The van der Waals surface area contributed by atoms with Crippen LogP contribution in [0.5, 0.6) is 11.5 Å². The first-order valence-corrected chi connectivity index (χ1v) is 11.7. The highest BCUT2D eigenvalue weighted by Gasteiger charge is 2.15. The van der Waals surface area contributed by atoms with Crippen molar-refractivity contribution in [3.63, 3.8) is 0 Å². The standard InChI is InChI=1S/C22H23BrCl2N4O6/c1-33-8-4-7-26-21(31)22(32)29-27-11-13-9-14(23)20(17(10-13)34-2)35-12-18(30)28-16-6-3-5-15(24)19(16)25/h3,5-6,9-11H,4,7-8,12H2,1-2H3,(H,26,31)(H,28,30)(H,29,32). The van der Waals surface area contributed by atoms with E-state index in [-0.39, 0.29) is 17.4 Å².